The van der Waals surface area contributed by atoms with Crippen molar-refractivity contribution in [3.05, 3.63) is 35.2 Å². The van der Waals surface area contributed by atoms with Gasteiger partial charge in [0, 0.05) is 37.2 Å². The van der Waals surface area contributed by atoms with Crippen molar-refractivity contribution < 1.29 is 14.3 Å². The summed E-state index contributed by atoms with van der Waals surface area (Å²) in [5, 5.41) is 11.9. The second-order valence-electron chi connectivity index (χ2n) is 4.88. The number of anilines is 1. The topological polar surface area (TPSA) is 109 Å². The van der Waals surface area contributed by atoms with Crippen molar-refractivity contribution >= 4 is 17.6 Å². The molecule has 1 unspecified atom stereocenters. The van der Waals surface area contributed by atoms with Crippen LogP contribution in [0.5, 0.6) is 5.88 Å². The van der Waals surface area contributed by atoms with Gasteiger partial charge in [0.05, 0.1) is 7.11 Å². The first-order chi connectivity index (χ1) is 10.6. The van der Waals surface area contributed by atoms with Crippen molar-refractivity contribution in [3.63, 3.8) is 0 Å². The molecule has 114 valence electrons. The van der Waals surface area contributed by atoms with Crippen LogP contribution in [0.2, 0.25) is 0 Å². The predicted octanol–water partition coefficient (Wildman–Crippen LogP) is 0.647. The Bertz CT molecular complexity index is 723. The first-order valence-electron chi connectivity index (χ1n) is 6.74. The second-order valence-corrected chi connectivity index (χ2v) is 4.88. The minimum absolute atomic E-state index is 0.150. The molecular weight excluding hydrogens is 286 g/mol. The lowest BCUT2D eigenvalue weighted by Gasteiger charge is -2.22. The highest BCUT2D eigenvalue weighted by atomic mass is 16.5. The molecular formula is C14H15N5O3. The predicted molar refractivity (Wildman–Crippen MR) is 77.9 cm³/mol. The summed E-state index contributed by atoms with van der Waals surface area (Å²) in [6.07, 6.45) is 1.87. The highest BCUT2D eigenvalue weighted by Gasteiger charge is 2.33. The number of pyridine rings is 1. The van der Waals surface area contributed by atoms with Crippen LogP contribution in [-0.4, -0.2) is 41.2 Å². The molecule has 0 saturated heterocycles. The first kappa shape index (κ1) is 14.1. The van der Waals surface area contributed by atoms with Gasteiger partial charge in [-0.3, -0.25) is 14.7 Å². The van der Waals surface area contributed by atoms with Gasteiger partial charge in [0.2, 0.25) is 11.8 Å². The molecule has 2 amide bonds. The zero-order valence-corrected chi connectivity index (χ0v) is 12.1. The minimum atomic E-state index is -0.284. The number of amides is 2. The molecule has 2 aromatic heterocycles. The summed E-state index contributed by atoms with van der Waals surface area (Å²) in [5.41, 5.74) is 1.84. The number of aromatic amines is 1. The van der Waals surface area contributed by atoms with Crippen molar-refractivity contribution in [1.29, 1.82) is 0 Å². The van der Waals surface area contributed by atoms with Crippen LogP contribution < -0.4 is 15.4 Å². The number of nitrogens with zero attached hydrogens (tertiary/aromatic N) is 2. The molecule has 0 aromatic carbocycles. The summed E-state index contributed by atoms with van der Waals surface area (Å²) in [7, 11) is 3.08. The lowest BCUT2D eigenvalue weighted by Crippen LogP contribution is -2.26. The van der Waals surface area contributed by atoms with E-state index in [9.17, 15) is 9.59 Å². The van der Waals surface area contributed by atoms with E-state index in [1.54, 1.807) is 19.3 Å². The molecule has 2 aromatic rings. The molecule has 8 nitrogen and oxygen atoms in total. The van der Waals surface area contributed by atoms with Crippen LogP contribution in [0.4, 0.5) is 5.82 Å². The van der Waals surface area contributed by atoms with Gasteiger partial charge in [-0.25, -0.2) is 4.98 Å². The lowest BCUT2D eigenvalue weighted by molar-refractivity contribution is -0.116. The number of H-pyrrole nitrogens is 1. The van der Waals surface area contributed by atoms with E-state index >= 15 is 0 Å². The number of carbonyl (C=O) groups is 2. The van der Waals surface area contributed by atoms with Crippen molar-refractivity contribution in [2.75, 3.05) is 19.5 Å². The molecule has 0 aliphatic carbocycles. The van der Waals surface area contributed by atoms with E-state index < -0.39 is 0 Å². The van der Waals surface area contributed by atoms with Gasteiger partial charge in [0.25, 0.3) is 5.91 Å². The van der Waals surface area contributed by atoms with Crippen LogP contribution in [0.3, 0.4) is 0 Å². The molecule has 0 spiro atoms. The molecule has 0 fully saturated rings. The molecule has 3 N–H and O–H groups in total. The third-order valence-electron chi connectivity index (χ3n) is 3.62. The molecule has 1 aliphatic heterocycles. The summed E-state index contributed by atoms with van der Waals surface area (Å²) >= 11 is 0. The second kappa shape index (κ2) is 5.47. The quantitative estimate of drug-likeness (QED) is 0.771. The number of fused-ring (bicyclic) bond motifs is 1. The molecule has 8 heteroatoms. The van der Waals surface area contributed by atoms with E-state index in [2.05, 4.69) is 25.8 Å². The molecule has 1 aliphatic rings. The smallest absolute Gasteiger partial charge is 0.269 e. The number of rotatable bonds is 3. The highest BCUT2D eigenvalue weighted by molar-refractivity contribution is 6.00. The Hall–Kier alpha value is -2.90. The monoisotopic (exact) mass is 301 g/mol. The van der Waals surface area contributed by atoms with Gasteiger partial charge in [0.15, 0.2) is 5.82 Å². The first-order valence-corrected chi connectivity index (χ1v) is 6.74. The van der Waals surface area contributed by atoms with E-state index in [0.717, 1.165) is 5.56 Å². The van der Waals surface area contributed by atoms with Crippen LogP contribution in [-0.2, 0) is 4.79 Å². The van der Waals surface area contributed by atoms with Gasteiger partial charge in [-0.15, -0.1) is 0 Å². The Morgan fingerprint density at radius 2 is 2.27 bits per heavy atom. The molecule has 3 rings (SSSR count). The van der Waals surface area contributed by atoms with Crippen molar-refractivity contribution in [1.82, 2.24) is 20.5 Å². The van der Waals surface area contributed by atoms with E-state index in [0.29, 0.717) is 23.0 Å². The molecule has 0 radical (unpaired) electrons. The van der Waals surface area contributed by atoms with Crippen LogP contribution in [0.25, 0.3) is 0 Å². The molecule has 3 heterocycles. The van der Waals surface area contributed by atoms with Gasteiger partial charge >= 0.3 is 0 Å². The number of aromatic nitrogens is 3. The summed E-state index contributed by atoms with van der Waals surface area (Å²) in [6.45, 7) is 0. The van der Waals surface area contributed by atoms with Crippen LogP contribution in [0.15, 0.2) is 18.3 Å². The Labute approximate surface area is 126 Å². The summed E-state index contributed by atoms with van der Waals surface area (Å²) in [4.78, 5) is 28.0. The normalized spacial score (nSPS) is 16.6. The Morgan fingerprint density at radius 1 is 1.45 bits per heavy atom. The van der Waals surface area contributed by atoms with E-state index in [1.165, 1.54) is 7.11 Å². The number of nitrogens with one attached hydrogen (secondary N) is 3. The summed E-state index contributed by atoms with van der Waals surface area (Å²) in [6, 6.07) is 3.56. The third-order valence-corrected chi connectivity index (χ3v) is 3.62. The molecule has 0 bridgehead atoms. The lowest BCUT2D eigenvalue weighted by atomic mass is 9.86. The maximum atomic E-state index is 12.0. The minimum Gasteiger partial charge on any atom is -0.481 e. The highest BCUT2D eigenvalue weighted by Crippen LogP contribution is 2.38. The zero-order valence-electron chi connectivity index (χ0n) is 12.1. The average Bonchev–Trinajstić information content (AvgIpc) is 2.97. The number of hydrogen-bond acceptors (Lipinski definition) is 5. The van der Waals surface area contributed by atoms with Crippen LogP contribution in [0, 0.1) is 0 Å². The van der Waals surface area contributed by atoms with Crippen molar-refractivity contribution in [2.45, 2.75) is 12.3 Å². The van der Waals surface area contributed by atoms with E-state index in [-0.39, 0.29) is 24.2 Å². The fraction of sp³-hybridized carbons (Fsp3) is 0.286. The van der Waals surface area contributed by atoms with Crippen molar-refractivity contribution in [2.24, 2.45) is 0 Å². The van der Waals surface area contributed by atoms with Gasteiger partial charge < -0.3 is 15.4 Å². The van der Waals surface area contributed by atoms with E-state index in [4.69, 9.17) is 4.74 Å². The van der Waals surface area contributed by atoms with Gasteiger partial charge in [-0.2, -0.15) is 5.10 Å². The summed E-state index contributed by atoms with van der Waals surface area (Å²) < 4.78 is 5.04. The standard InChI is InChI=1S/C14H15N5O3/c1-15-14(21)12-11-8(5-9(20)17-13(11)19-18-12)7-3-4-10(22-2)16-6-7/h3-4,6,8H,5H2,1-2H3,(H,15,21)(H2,17,18,19,20). The maximum Gasteiger partial charge on any atom is 0.269 e. The number of methoxy groups -OCH3 is 1. The van der Waals surface area contributed by atoms with Gasteiger partial charge in [0.1, 0.15) is 5.69 Å². The molecule has 22 heavy (non-hydrogen) atoms. The summed E-state index contributed by atoms with van der Waals surface area (Å²) in [5.74, 6) is 0.159. The maximum absolute atomic E-state index is 12.0. The van der Waals surface area contributed by atoms with Crippen molar-refractivity contribution in [3.8, 4) is 5.88 Å². The number of ether oxygens (including phenoxy) is 1. The van der Waals surface area contributed by atoms with Gasteiger partial charge in [-0.1, -0.05) is 6.07 Å². The fourth-order valence-corrected chi connectivity index (χ4v) is 2.56. The van der Waals surface area contributed by atoms with Gasteiger partial charge in [-0.05, 0) is 5.56 Å². The number of carbonyl (C=O) groups excluding carboxylic acids is 2. The molecule has 0 saturated carbocycles. The largest absolute Gasteiger partial charge is 0.481 e. The molecule has 1 atom stereocenters. The van der Waals surface area contributed by atoms with E-state index in [1.807, 2.05) is 6.07 Å². The Balaban J connectivity index is 2.07. The van der Waals surface area contributed by atoms with Crippen LogP contribution in [0.1, 0.15) is 34.0 Å². The number of hydrogen-bond donors (Lipinski definition) is 3. The fourth-order valence-electron chi connectivity index (χ4n) is 2.56. The Kier molecular flexibility index (Phi) is 3.50. The SMILES string of the molecule is CNC(=O)c1[nH]nc2c1C(c1ccc(OC)nc1)CC(=O)N2. The average molecular weight is 301 g/mol. The Morgan fingerprint density at radius 3 is 2.91 bits per heavy atom. The van der Waals surface area contributed by atoms with Crippen LogP contribution >= 0.6 is 0 Å². The third kappa shape index (κ3) is 2.28. The zero-order chi connectivity index (χ0) is 15.7.